The number of nitrogens with one attached hydrogen (secondary N) is 2. The molecule has 0 radical (unpaired) electrons. The van der Waals surface area contributed by atoms with Gasteiger partial charge in [-0.05, 0) is 26.0 Å². The predicted octanol–water partition coefficient (Wildman–Crippen LogP) is 2.37. The number of benzene rings is 1. The van der Waals surface area contributed by atoms with Crippen molar-refractivity contribution >= 4 is 35.3 Å². The van der Waals surface area contributed by atoms with Crippen molar-refractivity contribution in [1.82, 2.24) is 25.4 Å². The molecule has 1 heterocycles. The number of aromatic nitrogens is 3. The molecule has 1 aromatic heterocycles. The molecule has 0 bridgehead atoms. The monoisotopic (exact) mass is 397 g/mol. The van der Waals surface area contributed by atoms with Crippen LogP contribution in [0.5, 0.6) is 5.75 Å². The molecular weight excluding hydrogens is 378 g/mol. The van der Waals surface area contributed by atoms with Crippen molar-refractivity contribution in [3.05, 3.63) is 35.1 Å². The van der Waals surface area contributed by atoms with Crippen molar-refractivity contribution in [2.75, 3.05) is 6.54 Å². The van der Waals surface area contributed by atoms with Gasteiger partial charge in [0.2, 0.25) is 5.91 Å². The van der Waals surface area contributed by atoms with Crippen LogP contribution in [0.4, 0.5) is 4.79 Å². The molecule has 0 aliphatic carbocycles. The van der Waals surface area contributed by atoms with Crippen molar-refractivity contribution in [2.24, 2.45) is 7.05 Å². The summed E-state index contributed by atoms with van der Waals surface area (Å²) in [6.45, 7) is 4.09. The number of urea groups is 1. The van der Waals surface area contributed by atoms with Gasteiger partial charge in [0.1, 0.15) is 12.4 Å². The smallest absolute Gasteiger partial charge is 0.321 e. The van der Waals surface area contributed by atoms with Gasteiger partial charge in [0.05, 0.1) is 10.3 Å². The number of hydrogen-bond donors (Lipinski definition) is 2. The highest BCUT2D eigenvalue weighted by Crippen LogP contribution is 2.25. The molecule has 0 spiro atoms. The topological polar surface area (TPSA) is 98.1 Å². The molecule has 3 amide bonds. The molecule has 1 aromatic carbocycles. The van der Waals surface area contributed by atoms with Gasteiger partial charge in [-0.1, -0.05) is 35.5 Å². The summed E-state index contributed by atoms with van der Waals surface area (Å²) in [4.78, 5) is 23.4. The highest BCUT2D eigenvalue weighted by Gasteiger charge is 2.20. The van der Waals surface area contributed by atoms with E-state index < -0.39 is 17.2 Å². The summed E-state index contributed by atoms with van der Waals surface area (Å²) in [5, 5.41) is 13.5. The number of halogens is 1. The molecule has 8 nitrogen and oxygen atoms in total. The summed E-state index contributed by atoms with van der Waals surface area (Å²) < 4.78 is 7.39. The van der Waals surface area contributed by atoms with E-state index in [-0.39, 0.29) is 6.61 Å². The highest BCUT2D eigenvalue weighted by molar-refractivity contribution is 8.00. The van der Waals surface area contributed by atoms with Crippen LogP contribution in [0.15, 0.2) is 29.4 Å². The molecule has 1 atom stereocenters. The summed E-state index contributed by atoms with van der Waals surface area (Å²) in [5.74, 6) is 0.739. The molecule has 1 unspecified atom stereocenters. The third-order valence-electron chi connectivity index (χ3n) is 3.34. The summed E-state index contributed by atoms with van der Waals surface area (Å²) in [6.07, 6.45) is 0. The van der Waals surface area contributed by atoms with Gasteiger partial charge in [0.25, 0.3) is 0 Å². The van der Waals surface area contributed by atoms with Gasteiger partial charge < -0.3 is 14.6 Å². The Morgan fingerprint density at radius 3 is 2.77 bits per heavy atom. The maximum atomic E-state index is 12.0. The average Bonchev–Trinajstić information content (AvgIpc) is 2.94. The van der Waals surface area contributed by atoms with Crippen LogP contribution in [0.1, 0.15) is 19.7 Å². The van der Waals surface area contributed by atoms with Crippen LogP contribution in [0.3, 0.4) is 0 Å². The van der Waals surface area contributed by atoms with Gasteiger partial charge in [-0.15, -0.1) is 10.2 Å². The number of imide groups is 1. The van der Waals surface area contributed by atoms with E-state index in [1.54, 1.807) is 37.6 Å². The lowest BCUT2D eigenvalue weighted by Gasteiger charge is -2.11. The van der Waals surface area contributed by atoms with Gasteiger partial charge in [0.15, 0.2) is 11.0 Å². The zero-order valence-corrected chi connectivity index (χ0v) is 16.2. The molecule has 0 saturated heterocycles. The second-order valence-electron chi connectivity index (χ2n) is 5.29. The molecule has 0 saturated carbocycles. The van der Waals surface area contributed by atoms with Crippen LogP contribution >= 0.6 is 23.4 Å². The Bertz CT molecular complexity index is 783. The largest absolute Gasteiger partial charge is 0.484 e. The first-order valence-electron chi connectivity index (χ1n) is 7.93. The Kier molecular flexibility index (Phi) is 7.28. The minimum atomic E-state index is -0.517. The van der Waals surface area contributed by atoms with E-state index in [2.05, 4.69) is 20.8 Å². The molecule has 0 aliphatic rings. The summed E-state index contributed by atoms with van der Waals surface area (Å²) in [6, 6.07) is 6.64. The minimum Gasteiger partial charge on any atom is -0.484 e. The lowest BCUT2D eigenvalue weighted by Crippen LogP contribution is -2.42. The van der Waals surface area contributed by atoms with Gasteiger partial charge in [-0.2, -0.15) is 0 Å². The normalized spacial score (nSPS) is 11.7. The van der Waals surface area contributed by atoms with E-state index in [9.17, 15) is 9.59 Å². The van der Waals surface area contributed by atoms with Crippen molar-refractivity contribution in [3.8, 4) is 5.75 Å². The van der Waals surface area contributed by atoms with Gasteiger partial charge in [-0.3, -0.25) is 10.1 Å². The van der Waals surface area contributed by atoms with E-state index in [1.807, 2.05) is 12.1 Å². The number of hydrogen-bond acceptors (Lipinski definition) is 6. The second-order valence-corrected chi connectivity index (χ2v) is 7.00. The van der Waals surface area contributed by atoms with Crippen LogP contribution in [0, 0.1) is 0 Å². The maximum Gasteiger partial charge on any atom is 0.321 e. The lowest BCUT2D eigenvalue weighted by atomic mass is 10.3. The highest BCUT2D eigenvalue weighted by atomic mass is 35.5. The zero-order valence-electron chi connectivity index (χ0n) is 14.7. The van der Waals surface area contributed by atoms with Crippen molar-refractivity contribution in [2.45, 2.75) is 30.9 Å². The number of thioether (sulfide) groups is 1. The molecule has 10 heteroatoms. The Labute approximate surface area is 160 Å². The van der Waals surface area contributed by atoms with Crippen molar-refractivity contribution in [3.63, 3.8) is 0 Å². The number of ether oxygens (including phenoxy) is 1. The third kappa shape index (κ3) is 5.37. The molecule has 0 aliphatic heterocycles. The fraction of sp³-hybridized carbons (Fsp3) is 0.375. The Morgan fingerprint density at radius 2 is 2.08 bits per heavy atom. The predicted molar refractivity (Wildman–Crippen MR) is 99.3 cm³/mol. The van der Waals surface area contributed by atoms with E-state index >= 15 is 0 Å². The van der Waals surface area contributed by atoms with Crippen molar-refractivity contribution < 1.29 is 14.3 Å². The standard InChI is InChI=1S/C16H20ClN5O3S/c1-4-18-15(24)19-14(23)10(2)26-16-21-20-13(22(16)3)9-25-12-8-6-5-7-11(12)17/h5-8,10H,4,9H2,1-3H3,(H2,18,19,23,24). The quantitative estimate of drug-likeness (QED) is 0.696. The number of rotatable bonds is 7. The van der Waals surface area contributed by atoms with Crippen LogP contribution in [0.25, 0.3) is 0 Å². The zero-order chi connectivity index (χ0) is 19.1. The van der Waals surface area contributed by atoms with Crippen molar-refractivity contribution in [1.29, 1.82) is 0 Å². The molecule has 140 valence electrons. The van der Waals surface area contributed by atoms with E-state index in [0.29, 0.717) is 28.3 Å². The first-order valence-corrected chi connectivity index (χ1v) is 9.19. The molecule has 2 rings (SSSR count). The van der Waals surface area contributed by atoms with Gasteiger partial charge in [-0.25, -0.2) is 4.79 Å². The number of carbonyl (C=O) groups excluding carboxylic acids is 2. The average molecular weight is 398 g/mol. The number of amides is 3. The maximum absolute atomic E-state index is 12.0. The van der Waals surface area contributed by atoms with Gasteiger partial charge >= 0.3 is 6.03 Å². The number of para-hydroxylation sites is 1. The molecule has 26 heavy (non-hydrogen) atoms. The van der Waals surface area contributed by atoms with E-state index in [4.69, 9.17) is 16.3 Å². The van der Waals surface area contributed by atoms with Crippen LogP contribution in [0.2, 0.25) is 5.02 Å². The minimum absolute atomic E-state index is 0.188. The summed E-state index contributed by atoms with van der Waals surface area (Å²) >= 11 is 7.25. The fourth-order valence-corrected chi connectivity index (χ4v) is 2.93. The Morgan fingerprint density at radius 1 is 1.35 bits per heavy atom. The Balaban J connectivity index is 1.94. The molecule has 0 fully saturated rings. The second kappa shape index (κ2) is 9.44. The Hall–Kier alpha value is -2.26. The lowest BCUT2D eigenvalue weighted by molar-refractivity contribution is -0.119. The number of nitrogens with zero attached hydrogens (tertiary/aromatic N) is 3. The molecular formula is C16H20ClN5O3S. The van der Waals surface area contributed by atoms with Crippen LogP contribution in [-0.2, 0) is 18.4 Å². The first kappa shape index (κ1) is 20.1. The SMILES string of the molecule is CCNC(=O)NC(=O)C(C)Sc1nnc(COc2ccccc2Cl)n1C. The molecule has 2 aromatic rings. The third-order valence-corrected chi connectivity index (χ3v) is 4.79. The van der Waals surface area contributed by atoms with Crippen LogP contribution < -0.4 is 15.4 Å². The van der Waals surface area contributed by atoms with E-state index in [1.165, 1.54) is 11.8 Å². The first-order chi connectivity index (χ1) is 12.4. The van der Waals surface area contributed by atoms with E-state index in [0.717, 1.165) is 0 Å². The number of carbonyl (C=O) groups is 2. The molecule has 2 N–H and O–H groups in total. The summed E-state index contributed by atoms with van der Waals surface area (Å²) in [5.41, 5.74) is 0. The van der Waals surface area contributed by atoms with Crippen LogP contribution in [-0.4, -0.2) is 38.5 Å². The summed E-state index contributed by atoms with van der Waals surface area (Å²) in [7, 11) is 1.78. The fourth-order valence-electron chi connectivity index (χ4n) is 1.91. The van der Waals surface area contributed by atoms with Gasteiger partial charge in [0, 0.05) is 13.6 Å².